The summed E-state index contributed by atoms with van der Waals surface area (Å²) in [6.45, 7) is 7.69. The Labute approximate surface area is 109 Å². The molecule has 2 rings (SSSR count). The van der Waals surface area contributed by atoms with Crippen LogP contribution in [-0.2, 0) is 12.8 Å². The van der Waals surface area contributed by atoms with Crippen LogP contribution in [0.15, 0.2) is 4.52 Å². The minimum absolute atomic E-state index is 0.0840. The zero-order valence-corrected chi connectivity index (χ0v) is 11.4. The lowest BCUT2D eigenvalue weighted by Crippen LogP contribution is -2.35. The summed E-state index contributed by atoms with van der Waals surface area (Å²) in [5.74, 6) is 2.17. The highest BCUT2D eigenvalue weighted by Gasteiger charge is 2.21. The Hall–Kier alpha value is -0.940. The van der Waals surface area contributed by atoms with Crippen molar-refractivity contribution in [1.82, 2.24) is 15.0 Å². The van der Waals surface area contributed by atoms with Gasteiger partial charge in [-0.1, -0.05) is 12.1 Å². The van der Waals surface area contributed by atoms with E-state index in [1.165, 1.54) is 19.4 Å². The molecule has 2 N–H and O–H groups in total. The highest BCUT2D eigenvalue weighted by Crippen LogP contribution is 2.20. The quantitative estimate of drug-likeness (QED) is 0.853. The molecule has 18 heavy (non-hydrogen) atoms. The van der Waals surface area contributed by atoms with E-state index in [1.807, 2.05) is 6.92 Å². The van der Waals surface area contributed by atoms with E-state index in [1.54, 1.807) is 0 Å². The molecule has 0 saturated carbocycles. The monoisotopic (exact) mass is 252 g/mol. The van der Waals surface area contributed by atoms with Crippen molar-refractivity contribution in [3.05, 3.63) is 11.7 Å². The maximum absolute atomic E-state index is 5.73. The first-order chi connectivity index (χ1) is 8.67. The SMILES string of the molecule is CCN1CCCC(Cc2nc(CC(C)N)no2)C1. The number of likely N-dealkylation sites (tertiary alicyclic amines) is 1. The van der Waals surface area contributed by atoms with Crippen molar-refractivity contribution in [3.8, 4) is 0 Å². The third-order valence-electron chi connectivity index (χ3n) is 3.53. The molecule has 1 fully saturated rings. The Morgan fingerprint density at radius 3 is 3.11 bits per heavy atom. The predicted octanol–water partition coefficient (Wildman–Crippen LogP) is 1.23. The van der Waals surface area contributed by atoms with E-state index < -0.39 is 0 Å². The first-order valence-corrected chi connectivity index (χ1v) is 6.96. The summed E-state index contributed by atoms with van der Waals surface area (Å²) in [7, 11) is 0. The molecule has 0 amide bonds. The van der Waals surface area contributed by atoms with E-state index in [0.717, 1.165) is 31.2 Å². The van der Waals surface area contributed by atoms with Crippen LogP contribution in [0.5, 0.6) is 0 Å². The van der Waals surface area contributed by atoms with E-state index in [2.05, 4.69) is 22.0 Å². The van der Waals surface area contributed by atoms with Gasteiger partial charge in [-0.25, -0.2) is 0 Å². The fourth-order valence-corrected chi connectivity index (χ4v) is 2.60. The van der Waals surface area contributed by atoms with Crippen molar-refractivity contribution in [2.45, 2.75) is 45.6 Å². The topological polar surface area (TPSA) is 68.2 Å². The Kier molecular flexibility index (Phi) is 4.72. The molecule has 2 unspecified atom stereocenters. The molecule has 2 heterocycles. The summed E-state index contributed by atoms with van der Waals surface area (Å²) >= 11 is 0. The molecular formula is C13H24N4O. The molecule has 5 nitrogen and oxygen atoms in total. The van der Waals surface area contributed by atoms with Crippen LogP contribution in [0.2, 0.25) is 0 Å². The van der Waals surface area contributed by atoms with Crippen LogP contribution in [-0.4, -0.2) is 40.7 Å². The lowest BCUT2D eigenvalue weighted by Gasteiger charge is -2.30. The standard InChI is InChI=1S/C13H24N4O/c1-3-17-6-4-5-11(9-17)8-13-15-12(16-18-13)7-10(2)14/h10-11H,3-9,14H2,1-2H3. The number of piperidine rings is 1. The van der Waals surface area contributed by atoms with Gasteiger partial charge in [0.1, 0.15) is 0 Å². The largest absolute Gasteiger partial charge is 0.339 e. The van der Waals surface area contributed by atoms with Gasteiger partial charge in [-0.15, -0.1) is 0 Å². The third-order valence-corrected chi connectivity index (χ3v) is 3.53. The van der Waals surface area contributed by atoms with Crippen LogP contribution in [0, 0.1) is 5.92 Å². The molecule has 2 atom stereocenters. The predicted molar refractivity (Wildman–Crippen MR) is 70.2 cm³/mol. The van der Waals surface area contributed by atoms with Crippen LogP contribution < -0.4 is 5.73 Å². The summed E-state index contributed by atoms with van der Waals surface area (Å²) < 4.78 is 5.30. The number of nitrogens with two attached hydrogens (primary N) is 1. The average molecular weight is 252 g/mol. The molecule has 0 aliphatic carbocycles. The lowest BCUT2D eigenvalue weighted by molar-refractivity contribution is 0.174. The first-order valence-electron chi connectivity index (χ1n) is 6.96. The zero-order chi connectivity index (χ0) is 13.0. The minimum Gasteiger partial charge on any atom is -0.339 e. The zero-order valence-electron chi connectivity index (χ0n) is 11.4. The van der Waals surface area contributed by atoms with Gasteiger partial charge in [-0.3, -0.25) is 0 Å². The number of aromatic nitrogens is 2. The van der Waals surface area contributed by atoms with Crippen LogP contribution in [0.1, 0.15) is 38.4 Å². The van der Waals surface area contributed by atoms with E-state index >= 15 is 0 Å². The van der Waals surface area contributed by atoms with Gasteiger partial charge < -0.3 is 15.2 Å². The summed E-state index contributed by atoms with van der Waals surface area (Å²) in [4.78, 5) is 6.91. The third kappa shape index (κ3) is 3.78. The highest BCUT2D eigenvalue weighted by molar-refractivity contribution is 4.91. The van der Waals surface area contributed by atoms with Gasteiger partial charge in [-0.2, -0.15) is 4.98 Å². The maximum atomic E-state index is 5.73. The molecule has 0 aromatic carbocycles. The van der Waals surface area contributed by atoms with Gasteiger partial charge in [0.05, 0.1) is 0 Å². The first kappa shape index (κ1) is 13.5. The van der Waals surface area contributed by atoms with Crippen LogP contribution in [0.3, 0.4) is 0 Å². The Morgan fingerprint density at radius 2 is 2.39 bits per heavy atom. The second kappa shape index (κ2) is 6.29. The molecule has 1 aliphatic heterocycles. The summed E-state index contributed by atoms with van der Waals surface area (Å²) in [6.07, 6.45) is 4.14. The molecule has 0 radical (unpaired) electrons. The van der Waals surface area contributed by atoms with Crippen LogP contribution in [0.25, 0.3) is 0 Å². The summed E-state index contributed by atoms with van der Waals surface area (Å²) in [6, 6.07) is 0.0840. The molecule has 0 bridgehead atoms. The van der Waals surface area contributed by atoms with Gasteiger partial charge in [0, 0.05) is 25.4 Å². The Bertz CT molecular complexity index is 364. The van der Waals surface area contributed by atoms with Crippen LogP contribution >= 0.6 is 0 Å². The molecule has 1 saturated heterocycles. The molecule has 5 heteroatoms. The van der Waals surface area contributed by atoms with Gasteiger partial charge >= 0.3 is 0 Å². The van der Waals surface area contributed by atoms with E-state index in [0.29, 0.717) is 12.3 Å². The van der Waals surface area contributed by atoms with Crippen molar-refractivity contribution >= 4 is 0 Å². The van der Waals surface area contributed by atoms with Gasteiger partial charge in [0.2, 0.25) is 5.89 Å². The molecule has 1 aromatic heterocycles. The highest BCUT2D eigenvalue weighted by atomic mass is 16.5. The average Bonchev–Trinajstić information content (AvgIpc) is 2.76. The van der Waals surface area contributed by atoms with Crippen molar-refractivity contribution in [1.29, 1.82) is 0 Å². The van der Waals surface area contributed by atoms with Crippen LogP contribution in [0.4, 0.5) is 0 Å². The molecule has 1 aromatic rings. The Morgan fingerprint density at radius 1 is 1.56 bits per heavy atom. The fraction of sp³-hybridized carbons (Fsp3) is 0.846. The molecule has 102 valence electrons. The smallest absolute Gasteiger partial charge is 0.226 e. The normalized spacial score (nSPS) is 23.2. The van der Waals surface area contributed by atoms with Crippen molar-refractivity contribution in [3.63, 3.8) is 0 Å². The van der Waals surface area contributed by atoms with E-state index in [4.69, 9.17) is 10.3 Å². The fourth-order valence-electron chi connectivity index (χ4n) is 2.60. The molecule has 1 aliphatic rings. The van der Waals surface area contributed by atoms with Crippen molar-refractivity contribution < 1.29 is 4.52 Å². The lowest BCUT2D eigenvalue weighted by atomic mass is 9.95. The second-order valence-electron chi connectivity index (χ2n) is 5.39. The molecular weight excluding hydrogens is 228 g/mol. The minimum atomic E-state index is 0.0840. The van der Waals surface area contributed by atoms with E-state index in [9.17, 15) is 0 Å². The molecule has 0 spiro atoms. The van der Waals surface area contributed by atoms with Crippen molar-refractivity contribution in [2.24, 2.45) is 11.7 Å². The summed E-state index contributed by atoms with van der Waals surface area (Å²) in [5, 5.41) is 3.98. The van der Waals surface area contributed by atoms with Gasteiger partial charge in [-0.05, 0) is 38.8 Å². The van der Waals surface area contributed by atoms with Crippen molar-refractivity contribution in [2.75, 3.05) is 19.6 Å². The number of rotatable bonds is 5. The number of nitrogens with zero attached hydrogens (tertiary/aromatic N) is 3. The Balaban J connectivity index is 1.86. The van der Waals surface area contributed by atoms with Gasteiger partial charge in [0.25, 0.3) is 0 Å². The van der Waals surface area contributed by atoms with Gasteiger partial charge in [0.15, 0.2) is 5.82 Å². The number of hydrogen-bond acceptors (Lipinski definition) is 5. The maximum Gasteiger partial charge on any atom is 0.226 e. The second-order valence-corrected chi connectivity index (χ2v) is 5.39. The number of hydrogen-bond donors (Lipinski definition) is 1. The van der Waals surface area contributed by atoms with E-state index in [-0.39, 0.29) is 6.04 Å². The summed E-state index contributed by atoms with van der Waals surface area (Å²) in [5.41, 5.74) is 5.73.